The number of nitrogens with one attached hydrogen (secondary N) is 2. The Hall–Kier alpha value is -0.120. The van der Waals surface area contributed by atoms with Gasteiger partial charge in [0.2, 0.25) is 0 Å². The van der Waals surface area contributed by atoms with Crippen molar-refractivity contribution in [1.29, 1.82) is 0 Å². The summed E-state index contributed by atoms with van der Waals surface area (Å²) in [6.07, 6.45) is 0. The maximum atomic E-state index is 8.67. The van der Waals surface area contributed by atoms with Crippen molar-refractivity contribution in [3.05, 3.63) is 0 Å². The van der Waals surface area contributed by atoms with Crippen LogP contribution in [0.25, 0.3) is 0 Å². The van der Waals surface area contributed by atoms with Crippen molar-refractivity contribution in [3.8, 4) is 0 Å². The van der Waals surface area contributed by atoms with Crippen molar-refractivity contribution >= 4 is 0 Å². The van der Waals surface area contributed by atoms with E-state index >= 15 is 0 Å². The van der Waals surface area contributed by atoms with Gasteiger partial charge in [-0.2, -0.15) is 0 Å². The molecule has 1 saturated heterocycles. The molecule has 0 radical (unpaired) electrons. The molecule has 1 aliphatic heterocycles. The first-order valence-corrected chi connectivity index (χ1v) is 3.40. The average Bonchev–Trinajstić information content (AvgIpc) is 1.90. The summed E-state index contributed by atoms with van der Waals surface area (Å²) in [6, 6.07) is 0.814. The molecule has 0 unspecified atom stereocenters. The molecule has 54 valence electrons. The standard InChI is InChI=1S/C6H14N2O/c1-5-2-8-6(4-9)3-7-5/h5-9H,2-4H2,1H3/t5-,6+/m1/s1. The van der Waals surface area contributed by atoms with E-state index < -0.39 is 0 Å². The minimum atomic E-state index is 0.236. The van der Waals surface area contributed by atoms with Gasteiger partial charge in [0, 0.05) is 25.2 Å². The fourth-order valence-corrected chi connectivity index (χ4v) is 0.960. The Morgan fingerprint density at radius 2 is 2.22 bits per heavy atom. The predicted octanol–water partition coefficient (Wildman–Crippen LogP) is -1.07. The molecule has 1 rings (SSSR count). The van der Waals surface area contributed by atoms with Crippen LogP contribution in [0.5, 0.6) is 0 Å². The lowest BCUT2D eigenvalue weighted by Crippen LogP contribution is -2.54. The summed E-state index contributed by atoms with van der Waals surface area (Å²) in [5.74, 6) is 0. The van der Waals surface area contributed by atoms with Crippen LogP contribution in [0.4, 0.5) is 0 Å². The number of aliphatic hydroxyl groups is 1. The Kier molecular flexibility index (Phi) is 2.45. The molecule has 0 aromatic heterocycles. The third-order valence-electron chi connectivity index (χ3n) is 1.65. The summed E-state index contributed by atoms with van der Waals surface area (Å²) < 4.78 is 0. The monoisotopic (exact) mass is 130 g/mol. The lowest BCUT2D eigenvalue weighted by Gasteiger charge is -2.27. The van der Waals surface area contributed by atoms with Gasteiger partial charge < -0.3 is 15.7 Å². The van der Waals surface area contributed by atoms with E-state index in [9.17, 15) is 0 Å². The second kappa shape index (κ2) is 3.15. The lowest BCUT2D eigenvalue weighted by atomic mass is 10.2. The third-order valence-corrected chi connectivity index (χ3v) is 1.65. The van der Waals surface area contributed by atoms with Crippen LogP contribution in [0.15, 0.2) is 0 Å². The van der Waals surface area contributed by atoms with Gasteiger partial charge in [-0.1, -0.05) is 0 Å². The highest BCUT2D eigenvalue weighted by molar-refractivity contribution is 4.79. The van der Waals surface area contributed by atoms with Gasteiger partial charge in [-0.3, -0.25) is 0 Å². The second-order valence-corrected chi connectivity index (χ2v) is 2.60. The van der Waals surface area contributed by atoms with Gasteiger partial charge in [0.15, 0.2) is 0 Å². The van der Waals surface area contributed by atoms with Gasteiger partial charge >= 0.3 is 0 Å². The quantitative estimate of drug-likeness (QED) is 0.423. The van der Waals surface area contributed by atoms with E-state index in [1.807, 2.05) is 0 Å². The van der Waals surface area contributed by atoms with Gasteiger partial charge in [0.1, 0.15) is 0 Å². The molecule has 3 nitrogen and oxygen atoms in total. The van der Waals surface area contributed by atoms with E-state index in [4.69, 9.17) is 5.11 Å². The predicted molar refractivity (Wildman–Crippen MR) is 36.3 cm³/mol. The van der Waals surface area contributed by atoms with Crippen LogP contribution in [0, 0.1) is 0 Å². The largest absolute Gasteiger partial charge is 0.395 e. The van der Waals surface area contributed by atoms with Crippen LogP contribution in [0.2, 0.25) is 0 Å². The number of rotatable bonds is 1. The van der Waals surface area contributed by atoms with Gasteiger partial charge in [-0.25, -0.2) is 0 Å². The fourth-order valence-electron chi connectivity index (χ4n) is 0.960. The molecule has 0 amide bonds. The summed E-state index contributed by atoms with van der Waals surface area (Å²) in [7, 11) is 0. The normalized spacial score (nSPS) is 36.7. The molecular formula is C6H14N2O. The zero-order valence-corrected chi connectivity index (χ0v) is 5.72. The Morgan fingerprint density at radius 1 is 1.44 bits per heavy atom. The highest BCUT2D eigenvalue weighted by atomic mass is 16.3. The molecular weight excluding hydrogens is 116 g/mol. The molecule has 1 fully saturated rings. The van der Waals surface area contributed by atoms with E-state index in [0.717, 1.165) is 13.1 Å². The minimum Gasteiger partial charge on any atom is -0.395 e. The molecule has 0 aliphatic carbocycles. The molecule has 3 heteroatoms. The van der Waals surface area contributed by atoms with Gasteiger partial charge in [-0.05, 0) is 6.92 Å². The highest BCUT2D eigenvalue weighted by Crippen LogP contribution is 1.90. The molecule has 2 atom stereocenters. The van der Waals surface area contributed by atoms with Crippen LogP contribution in [0.1, 0.15) is 6.92 Å². The van der Waals surface area contributed by atoms with E-state index in [1.165, 1.54) is 0 Å². The first-order chi connectivity index (χ1) is 4.33. The number of aliphatic hydroxyl groups excluding tert-OH is 1. The SMILES string of the molecule is C[C@@H]1CN[C@H](CO)CN1. The summed E-state index contributed by atoms with van der Waals surface area (Å²) in [6.45, 7) is 4.21. The zero-order chi connectivity index (χ0) is 6.69. The molecule has 0 aromatic rings. The van der Waals surface area contributed by atoms with E-state index in [1.54, 1.807) is 0 Å². The van der Waals surface area contributed by atoms with Crippen molar-refractivity contribution in [3.63, 3.8) is 0 Å². The summed E-state index contributed by atoms with van der Waals surface area (Å²) in [5.41, 5.74) is 0. The van der Waals surface area contributed by atoms with Crippen molar-refractivity contribution in [2.45, 2.75) is 19.0 Å². The van der Waals surface area contributed by atoms with Crippen LogP contribution < -0.4 is 10.6 Å². The fraction of sp³-hybridized carbons (Fsp3) is 1.00. The van der Waals surface area contributed by atoms with Crippen LogP contribution >= 0.6 is 0 Å². The van der Waals surface area contributed by atoms with Crippen LogP contribution in [-0.2, 0) is 0 Å². The highest BCUT2D eigenvalue weighted by Gasteiger charge is 2.14. The summed E-state index contributed by atoms with van der Waals surface area (Å²) in [4.78, 5) is 0. The van der Waals surface area contributed by atoms with Crippen molar-refractivity contribution in [2.24, 2.45) is 0 Å². The van der Waals surface area contributed by atoms with Gasteiger partial charge in [0.05, 0.1) is 6.61 Å². The number of hydrogen-bond donors (Lipinski definition) is 3. The first kappa shape index (κ1) is 6.99. The first-order valence-electron chi connectivity index (χ1n) is 3.40. The minimum absolute atomic E-state index is 0.236. The topological polar surface area (TPSA) is 44.3 Å². The maximum absolute atomic E-state index is 8.67. The van der Waals surface area contributed by atoms with Gasteiger partial charge in [0.25, 0.3) is 0 Å². The smallest absolute Gasteiger partial charge is 0.0597 e. The van der Waals surface area contributed by atoms with E-state index in [0.29, 0.717) is 6.04 Å². The molecule has 0 saturated carbocycles. The third kappa shape index (κ3) is 1.93. The average molecular weight is 130 g/mol. The van der Waals surface area contributed by atoms with Crippen molar-refractivity contribution < 1.29 is 5.11 Å². The number of hydrogen-bond acceptors (Lipinski definition) is 3. The molecule has 1 heterocycles. The zero-order valence-electron chi connectivity index (χ0n) is 5.72. The van der Waals surface area contributed by atoms with Crippen molar-refractivity contribution in [1.82, 2.24) is 10.6 Å². The molecule has 0 bridgehead atoms. The van der Waals surface area contributed by atoms with Crippen molar-refractivity contribution in [2.75, 3.05) is 19.7 Å². The van der Waals surface area contributed by atoms with Crippen LogP contribution in [-0.4, -0.2) is 36.9 Å². The maximum Gasteiger partial charge on any atom is 0.0597 e. The molecule has 3 N–H and O–H groups in total. The molecule has 0 spiro atoms. The second-order valence-electron chi connectivity index (χ2n) is 2.60. The summed E-state index contributed by atoms with van der Waals surface area (Å²) >= 11 is 0. The Labute approximate surface area is 55.5 Å². The van der Waals surface area contributed by atoms with E-state index in [-0.39, 0.29) is 12.6 Å². The molecule has 1 aliphatic rings. The molecule has 9 heavy (non-hydrogen) atoms. The Balaban J connectivity index is 2.18. The summed E-state index contributed by atoms with van der Waals surface area (Å²) in [5, 5.41) is 15.1. The Morgan fingerprint density at radius 3 is 2.67 bits per heavy atom. The van der Waals surface area contributed by atoms with Gasteiger partial charge in [-0.15, -0.1) is 0 Å². The molecule has 0 aromatic carbocycles. The van der Waals surface area contributed by atoms with Crippen LogP contribution in [0.3, 0.4) is 0 Å². The van der Waals surface area contributed by atoms with E-state index in [2.05, 4.69) is 17.6 Å². The Bertz CT molecular complexity index is 79.1. The lowest BCUT2D eigenvalue weighted by molar-refractivity contribution is 0.216. The number of piperazine rings is 1.